The lowest BCUT2D eigenvalue weighted by Gasteiger charge is -2.09. The zero-order valence-electron chi connectivity index (χ0n) is 16.8. The molecule has 5 nitrogen and oxygen atoms in total. The number of nitrogens with one attached hydrogen (secondary N) is 1. The van der Waals surface area contributed by atoms with E-state index in [-0.39, 0.29) is 5.91 Å². The molecule has 2 heterocycles. The fourth-order valence-electron chi connectivity index (χ4n) is 3.84. The van der Waals surface area contributed by atoms with Gasteiger partial charge in [0.25, 0.3) is 5.91 Å². The van der Waals surface area contributed by atoms with Gasteiger partial charge >= 0.3 is 0 Å². The van der Waals surface area contributed by atoms with E-state index in [2.05, 4.69) is 80.9 Å². The van der Waals surface area contributed by atoms with Gasteiger partial charge in [0.05, 0.1) is 11.8 Å². The number of pyridine rings is 1. The molecule has 31 heavy (non-hydrogen) atoms. The Labute approximate surface area is 179 Å². The average Bonchev–Trinajstić information content (AvgIpc) is 3.17. The fourth-order valence-corrected chi connectivity index (χ4v) is 3.84. The van der Waals surface area contributed by atoms with Crippen LogP contribution >= 0.6 is 0 Å². The van der Waals surface area contributed by atoms with Crippen molar-refractivity contribution in [3.63, 3.8) is 0 Å². The van der Waals surface area contributed by atoms with Gasteiger partial charge in [0, 0.05) is 41.6 Å². The van der Waals surface area contributed by atoms with Crippen molar-refractivity contribution in [2.45, 2.75) is 6.54 Å². The Hall–Kier alpha value is -4.25. The van der Waals surface area contributed by atoms with E-state index >= 15 is 0 Å². The molecule has 0 unspecified atom stereocenters. The molecule has 0 fully saturated rings. The number of rotatable bonds is 5. The number of hydrazone groups is 1. The number of aromatic nitrogens is 2. The number of nitrogens with zero attached hydrogens (tertiary/aromatic N) is 3. The normalized spacial score (nSPS) is 11.4. The van der Waals surface area contributed by atoms with Gasteiger partial charge in [0.15, 0.2) is 0 Å². The van der Waals surface area contributed by atoms with Gasteiger partial charge in [-0.2, -0.15) is 5.10 Å². The van der Waals surface area contributed by atoms with Gasteiger partial charge in [-0.3, -0.25) is 9.78 Å². The van der Waals surface area contributed by atoms with Crippen LogP contribution in [0.5, 0.6) is 0 Å². The smallest absolute Gasteiger partial charge is 0.272 e. The van der Waals surface area contributed by atoms with Gasteiger partial charge in [-0.15, -0.1) is 0 Å². The quantitative estimate of drug-likeness (QED) is 0.331. The molecule has 0 aliphatic rings. The highest BCUT2D eigenvalue weighted by Crippen LogP contribution is 2.24. The molecule has 0 radical (unpaired) electrons. The maximum absolute atomic E-state index is 12.2. The van der Waals surface area contributed by atoms with E-state index in [1.807, 2.05) is 12.1 Å². The number of para-hydroxylation sites is 1. The second kappa shape index (κ2) is 8.24. The molecule has 2 aromatic heterocycles. The first-order chi connectivity index (χ1) is 15.3. The van der Waals surface area contributed by atoms with Crippen LogP contribution in [0, 0.1) is 0 Å². The van der Waals surface area contributed by atoms with Crippen molar-refractivity contribution >= 4 is 33.8 Å². The van der Waals surface area contributed by atoms with Crippen LogP contribution in [0.25, 0.3) is 21.7 Å². The molecule has 0 aliphatic carbocycles. The third-order valence-corrected chi connectivity index (χ3v) is 5.33. The number of hydrogen-bond donors (Lipinski definition) is 1. The molecule has 3 aromatic carbocycles. The fraction of sp³-hybridized carbons (Fsp3) is 0.0385. The molecular weight excluding hydrogens is 384 g/mol. The number of amides is 1. The van der Waals surface area contributed by atoms with E-state index in [0.717, 1.165) is 23.0 Å². The predicted molar refractivity (Wildman–Crippen MR) is 124 cm³/mol. The minimum Gasteiger partial charge on any atom is -0.342 e. The second-order valence-electron chi connectivity index (χ2n) is 7.31. The van der Waals surface area contributed by atoms with Crippen LogP contribution in [-0.4, -0.2) is 21.7 Å². The molecule has 5 rings (SSSR count). The van der Waals surface area contributed by atoms with Crippen molar-refractivity contribution in [2.75, 3.05) is 0 Å². The monoisotopic (exact) mass is 404 g/mol. The highest BCUT2D eigenvalue weighted by atomic mass is 16.2. The lowest BCUT2D eigenvalue weighted by Crippen LogP contribution is -2.17. The molecule has 1 N–H and O–H groups in total. The van der Waals surface area contributed by atoms with Crippen molar-refractivity contribution in [1.29, 1.82) is 0 Å². The number of fused-ring (bicyclic) bond motifs is 2. The van der Waals surface area contributed by atoms with E-state index < -0.39 is 0 Å². The van der Waals surface area contributed by atoms with Crippen molar-refractivity contribution < 1.29 is 4.79 Å². The van der Waals surface area contributed by atoms with Gasteiger partial charge in [0.1, 0.15) is 0 Å². The lowest BCUT2D eigenvalue weighted by molar-refractivity contribution is 0.0955. The summed E-state index contributed by atoms with van der Waals surface area (Å²) < 4.78 is 2.22. The number of benzene rings is 3. The number of carbonyl (C=O) groups excluding carboxylic acids is 1. The first-order valence-corrected chi connectivity index (χ1v) is 10.1. The van der Waals surface area contributed by atoms with Gasteiger partial charge in [-0.05, 0) is 34.5 Å². The Morgan fingerprint density at radius 2 is 1.74 bits per heavy atom. The van der Waals surface area contributed by atoms with Crippen molar-refractivity contribution in [3.05, 3.63) is 114 Å². The van der Waals surface area contributed by atoms with E-state index in [9.17, 15) is 4.79 Å². The zero-order chi connectivity index (χ0) is 21.0. The highest BCUT2D eigenvalue weighted by Gasteiger charge is 2.09. The van der Waals surface area contributed by atoms with Gasteiger partial charge in [0.2, 0.25) is 0 Å². The Bertz CT molecular complexity index is 1400. The number of carbonyl (C=O) groups is 1. The topological polar surface area (TPSA) is 59.3 Å². The maximum atomic E-state index is 12.2. The van der Waals surface area contributed by atoms with E-state index in [1.165, 1.54) is 22.5 Å². The van der Waals surface area contributed by atoms with Gasteiger partial charge in [-0.1, -0.05) is 60.7 Å². The summed E-state index contributed by atoms with van der Waals surface area (Å²) in [5.74, 6) is -0.288. The summed E-state index contributed by atoms with van der Waals surface area (Å²) in [5.41, 5.74) is 6.37. The molecule has 0 aliphatic heterocycles. The predicted octanol–water partition coefficient (Wildman–Crippen LogP) is 5.00. The van der Waals surface area contributed by atoms with Gasteiger partial charge in [-0.25, -0.2) is 5.43 Å². The van der Waals surface area contributed by atoms with Crippen molar-refractivity contribution in [1.82, 2.24) is 15.0 Å². The first-order valence-electron chi connectivity index (χ1n) is 10.1. The second-order valence-corrected chi connectivity index (χ2v) is 7.31. The number of hydrogen-bond acceptors (Lipinski definition) is 3. The minimum atomic E-state index is -0.288. The van der Waals surface area contributed by atoms with Crippen LogP contribution in [-0.2, 0) is 6.54 Å². The summed E-state index contributed by atoms with van der Waals surface area (Å²) in [5, 5.41) is 7.74. The molecule has 150 valence electrons. The van der Waals surface area contributed by atoms with E-state index in [4.69, 9.17) is 0 Å². The van der Waals surface area contributed by atoms with Crippen molar-refractivity contribution in [3.8, 4) is 0 Å². The highest BCUT2D eigenvalue weighted by molar-refractivity contribution is 6.00. The lowest BCUT2D eigenvalue weighted by atomic mass is 10.0. The SMILES string of the molecule is O=C(NN=Cc1cn(Cc2cccc3ccccc23)c2ccccc12)c1cccnc1. The molecule has 0 saturated heterocycles. The van der Waals surface area contributed by atoms with Gasteiger partial charge < -0.3 is 4.57 Å². The maximum Gasteiger partial charge on any atom is 0.272 e. The Balaban J connectivity index is 1.45. The summed E-state index contributed by atoms with van der Waals surface area (Å²) in [6.07, 6.45) is 6.91. The summed E-state index contributed by atoms with van der Waals surface area (Å²) in [4.78, 5) is 16.2. The Morgan fingerprint density at radius 1 is 0.935 bits per heavy atom. The summed E-state index contributed by atoms with van der Waals surface area (Å²) in [7, 11) is 0. The first kappa shape index (κ1) is 18.8. The molecule has 0 bridgehead atoms. The Morgan fingerprint density at radius 3 is 2.61 bits per heavy atom. The summed E-state index contributed by atoms with van der Waals surface area (Å²) in [6.45, 7) is 0.748. The van der Waals surface area contributed by atoms with Crippen molar-refractivity contribution in [2.24, 2.45) is 5.10 Å². The average molecular weight is 404 g/mol. The minimum absolute atomic E-state index is 0.288. The van der Waals surface area contributed by atoms with Crippen LogP contribution in [0.15, 0.2) is 103 Å². The summed E-state index contributed by atoms with van der Waals surface area (Å²) in [6, 6.07) is 26.5. The van der Waals surface area contributed by atoms with Crippen LogP contribution in [0.4, 0.5) is 0 Å². The molecule has 5 heteroatoms. The summed E-state index contributed by atoms with van der Waals surface area (Å²) >= 11 is 0. The standard InChI is InChI=1S/C26H20N4O/c31-26(20-10-6-14-27-15-20)29-28-16-22-18-30(25-13-4-3-12-24(22)25)17-21-9-5-8-19-7-1-2-11-23(19)21/h1-16,18H,17H2,(H,29,31). The third-order valence-electron chi connectivity index (χ3n) is 5.33. The Kier molecular flexibility index (Phi) is 4.99. The molecule has 0 atom stereocenters. The molecule has 1 amide bonds. The third kappa shape index (κ3) is 3.81. The molecule has 0 spiro atoms. The molecule has 0 saturated carbocycles. The largest absolute Gasteiger partial charge is 0.342 e. The van der Waals surface area contributed by atoms with Crippen LogP contribution < -0.4 is 5.43 Å². The molecular formula is C26H20N4O. The van der Waals surface area contributed by atoms with E-state index in [0.29, 0.717) is 5.56 Å². The van der Waals surface area contributed by atoms with Crippen LogP contribution in [0.3, 0.4) is 0 Å². The van der Waals surface area contributed by atoms with Crippen LogP contribution in [0.1, 0.15) is 21.5 Å². The van der Waals surface area contributed by atoms with E-state index in [1.54, 1.807) is 24.5 Å². The van der Waals surface area contributed by atoms with Crippen LogP contribution in [0.2, 0.25) is 0 Å². The zero-order valence-corrected chi connectivity index (χ0v) is 16.8. The molecule has 5 aromatic rings.